The van der Waals surface area contributed by atoms with E-state index in [1.54, 1.807) is 5.06 Å². The molecular formula is C17H27N3O2. The van der Waals surface area contributed by atoms with E-state index in [0.717, 1.165) is 44.0 Å². The number of carbonyl (C=O) groups excluding carboxylic acids is 1. The predicted octanol–water partition coefficient (Wildman–Crippen LogP) is 2.20. The second-order valence-corrected chi connectivity index (χ2v) is 7.02. The molecule has 0 saturated carbocycles. The van der Waals surface area contributed by atoms with Crippen LogP contribution < -0.4 is 5.73 Å². The van der Waals surface area contributed by atoms with Gasteiger partial charge in [0.15, 0.2) is 0 Å². The van der Waals surface area contributed by atoms with Crippen molar-refractivity contribution in [3.63, 3.8) is 0 Å². The zero-order valence-corrected chi connectivity index (χ0v) is 14.1. The molecule has 122 valence electrons. The molecule has 1 saturated heterocycles. The Labute approximate surface area is 133 Å². The van der Waals surface area contributed by atoms with Crippen molar-refractivity contribution in [2.45, 2.75) is 34.2 Å². The third-order valence-electron chi connectivity index (χ3n) is 3.91. The second kappa shape index (κ2) is 6.67. The summed E-state index contributed by atoms with van der Waals surface area (Å²) in [5, 5.41) is 1.77. The van der Waals surface area contributed by atoms with E-state index in [2.05, 4.69) is 17.0 Å². The molecular weight excluding hydrogens is 278 g/mol. The number of anilines is 1. The van der Waals surface area contributed by atoms with Gasteiger partial charge < -0.3 is 10.6 Å². The van der Waals surface area contributed by atoms with Crippen molar-refractivity contribution in [2.24, 2.45) is 5.41 Å². The highest BCUT2D eigenvalue weighted by molar-refractivity contribution is 5.75. The molecule has 0 bridgehead atoms. The smallest absolute Gasteiger partial charge is 0.330 e. The minimum absolute atomic E-state index is 0.174. The molecule has 1 aliphatic rings. The first-order valence-corrected chi connectivity index (χ1v) is 7.80. The third kappa shape index (κ3) is 4.45. The lowest BCUT2D eigenvalue weighted by molar-refractivity contribution is -0.207. The van der Waals surface area contributed by atoms with E-state index < -0.39 is 5.41 Å². The number of piperazine rings is 1. The van der Waals surface area contributed by atoms with Crippen LogP contribution >= 0.6 is 0 Å². The molecule has 1 fully saturated rings. The molecule has 0 aliphatic carbocycles. The summed E-state index contributed by atoms with van der Waals surface area (Å²) < 4.78 is 0. The van der Waals surface area contributed by atoms with E-state index >= 15 is 0 Å². The SMILES string of the molecule is Cc1ccc(CN2CCN(OC(=O)C(C)(C)C)CC2)cc1N. The van der Waals surface area contributed by atoms with Gasteiger partial charge in [-0.2, -0.15) is 0 Å². The number of rotatable bonds is 3. The Hall–Kier alpha value is -1.59. The minimum atomic E-state index is -0.462. The van der Waals surface area contributed by atoms with Crippen LogP contribution in [0.2, 0.25) is 0 Å². The maximum atomic E-state index is 11.9. The van der Waals surface area contributed by atoms with Crippen LogP contribution in [-0.4, -0.2) is 42.1 Å². The molecule has 22 heavy (non-hydrogen) atoms. The van der Waals surface area contributed by atoms with Crippen molar-refractivity contribution < 1.29 is 9.63 Å². The van der Waals surface area contributed by atoms with Gasteiger partial charge in [0.25, 0.3) is 0 Å². The summed E-state index contributed by atoms with van der Waals surface area (Å²) in [6.45, 7) is 11.7. The molecule has 1 aromatic rings. The molecule has 0 spiro atoms. The molecule has 0 aromatic heterocycles. The van der Waals surface area contributed by atoms with Gasteiger partial charge in [-0.3, -0.25) is 4.90 Å². The van der Waals surface area contributed by atoms with Crippen LogP contribution in [0.5, 0.6) is 0 Å². The highest BCUT2D eigenvalue weighted by Gasteiger charge is 2.27. The van der Waals surface area contributed by atoms with Crippen LogP contribution in [0.15, 0.2) is 18.2 Å². The molecule has 5 nitrogen and oxygen atoms in total. The minimum Gasteiger partial charge on any atom is -0.399 e. The van der Waals surface area contributed by atoms with E-state index in [-0.39, 0.29) is 5.97 Å². The predicted molar refractivity (Wildman–Crippen MR) is 88.0 cm³/mol. The van der Waals surface area contributed by atoms with Gasteiger partial charge in [0.2, 0.25) is 0 Å². The van der Waals surface area contributed by atoms with E-state index in [1.807, 2.05) is 33.8 Å². The Kier molecular flexibility index (Phi) is 5.08. The Morgan fingerprint density at radius 2 is 1.86 bits per heavy atom. The van der Waals surface area contributed by atoms with Crippen molar-refractivity contribution >= 4 is 11.7 Å². The van der Waals surface area contributed by atoms with Crippen LogP contribution in [-0.2, 0) is 16.2 Å². The van der Waals surface area contributed by atoms with Gasteiger partial charge in [-0.15, -0.1) is 5.06 Å². The highest BCUT2D eigenvalue weighted by Crippen LogP contribution is 2.18. The van der Waals surface area contributed by atoms with E-state index in [1.165, 1.54) is 5.56 Å². The van der Waals surface area contributed by atoms with Crippen LogP contribution in [0.4, 0.5) is 5.69 Å². The number of hydrogen-bond acceptors (Lipinski definition) is 5. The molecule has 5 heteroatoms. The van der Waals surface area contributed by atoms with Crippen molar-refractivity contribution in [1.82, 2.24) is 9.96 Å². The largest absolute Gasteiger partial charge is 0.399 e. The molecule has 0 atom stereocenters. The Balaban J connectivity index is 1.82. The summed E-state index contributed by atoms with van der Waals surface area (Å²) in [4.78, 5) is 19.7. The Bertz CT molecular complexity index is 529. The number of aryl methyl sites for hydroxylation is 1. The molecule has 1 aromatic carbocycles. The maximum Gasteiger partial charge on any atom is 0.330 e. The average molecular weight is 305 g/mol. The average Bonchev–Trinajstić information content (AvgIpc) is 2.44. The van der Waals surface area contributed by atoms with Gasteiger partial charge in [-0.25, -0.2) is 4.79 Å². The quantitative estimate of drug-likeness (QED) is 0.868. The van der Waals surface area contributed by atoms with Crippen LogP contribution in [0, 0.1) is 12.3 Å². The summed E-state index contributed by atoms with van der Waals surface area (Å²) in [5.74, 6) is -0.174. The van der Waals surface area contributed by atoms with E-state index in [0.29, 0.717) is 0 Å². The molecule has 0 amide bonds. The summed E-state index contributed by atoms with van der Waals surface area (Å²) in [6, 6.07) is 6.23. The van der Waals surface area contributed by atoms with Gasteiger partial charge in [0.05, 0.1) is 5.41 Å². The third-order valence-corrected chi connectivity index (χ3v) is 3.91. The summed E-state index contributed by atoms with van der Waals surface area (Å²) in [5.41, 5.74) is 8.68. The fraction of sp³-hybridized carbons (Fsp3) is 0.588. The van der Waals surface area contributed by atoms with Crippen molar-refractivity contribution in [2.75, 3.05) is 31.9 Å². The standard InChI is InChI=1S/C17H27N3O2/c1-13-5-6-14(11-15(13)18)12-19-7-9-20(10-8-19)22-16(21)17(2,3)4/h5-6,11H,7-10,12,18H2,1-4H3. The number of carbonyl (C=O) groups is 1. The van der Waals surface area contributed by atoms with Gasteiger partial charge in [-0.05, 0) is 44.9 Å². The Morgan fingerprint density at radius 3 is 2.41 bits per heavy atom. The van der Waals surface area contributed by atoms with Gasteiger partial charge >= 0.3 is 5.97 Å². The van der Waals surface area contributed by atoms with Crippen molar-refractivity contribution in [1.29, 1.82) is 0 Å². The fourth-order valence-electron chi connectivity index (χ4n) is 2.28. The summed E-state index contributed by atoms with van der Waals surface area (Å²) in [6.07, 6.45) is 0. The van der Waals surface area contributed by atoms with Crippen LogP contribution in [0.25, 0.3) is 0 Å². The highest BCUT2D eigenvalue weighted by atomic mass is 16.7. The normalized spacial score (nSPS) is 17.5. The number of nitrogens with zero attached hydrogens (tertiary/aromatic N) is 2. The van der Waals surface area contributed by atoms with E-state index in [4.69, 9.17) is 10.6 Å². The van der Waals surface area contributed by atoms with Crippen molar-refractivity contribution in [3.8, 4) is 0 Å². The number of nitrogen functional groups attached to an aromatic ring is 1. The number of hydrogen-bond donors (Lipinski definition) is 1. The zero-order valence-electron chi connectivity index (χ0n) is 14.1. The summed E-state index contributed by atoms with van der Waals surface area (Å²) in [7, 11) is 0. The van der Waals surface area contributed by atoms with Gasteiger partial charge in [0.1, 0.15) is 0 Å². The van der Waals surface area contributed by atoms with Gasteiger partial charge in [0, 0.05) is 38.4 Å². The maximum absolute atomic E-state index is 11.9. The summed E-state index contributed by atoms with van der Waals surface area (Å²) >= 11 is 0. The first-order valence-electron chi connectivity index (χ1n) is 7.80. The first kappa shape index (κ1) is 16.8. The second-order valence-electron chi connectivity index (χ2n) is 7.02. The monoisotopic (exact) mass is 305 g/mol. The lowest BCUT2D eigenvalue weighted by atomic mass is 9.98. The molecule has 0 radical (unpaired) electrons. The molecule has 2 rings (SSSR count). The number of nitrogens with two attached hydrogens (primary N) is 1. The van der Waals surface area contributed by atoms with Gasteiger partial charge in [-0.1, -0.05) is 12.1 Å². The zero-order chi connectivity index (χ0) is 16.3. The van der Waals surface area contributed by atoms with E-state index in [9.17, 15) is 4.79 Å². The molecule has 0 unspecified atom stereocenters. The topological polar surface area (TPSA) is 58.8 Å². The molecule has 1 heterocycles. The first-order chi connectivity index (χ1) is 10.3. The molecule has 2 N–H and O–H groups in total. The van der Waals surface area contributed by atoms with Crippen LogP contribution in [0.1, 0.15) is 31.9 Å². The molecule has 1 aliphatic heterocycles. The van der Waals surface area contributed by atoms with Crippen LogP contribution in [0.3, 0.4) is 0 Å². The Morgan fingerprint density at radius 1 is 1.23 bits per heavy atom. The number of hydroxylamine groups is 2. The lowest BCUT2D eigenvalue weighted by Crippen LogP contribution is -2.47. The number of benzene rings is 1. The lowest BCUT2D eigenvalue weighted by Gasteiger charge is -2.34. The van der Waals surface area contributed by atoms with Crippen molar-refractivity contribution in [3.05, 3.63) is 29.3 Å². The fourth-order valence-corrected chi connectivity index (χ4v) is 2.28.